The van der Waals surface area contributed by atoms with E-state index >= 15 is 0 Å². The highest BCUT2D eigenvalue weighted by molar-refractivity contribution is 5.94. The van der Waals surface area contributed by atoms with E-state index in [-0.39, 0.29) is 31.6 Å². The maximum atomic E-state index is 12.7. The lowest BCUT2D eigenvalue weighted by molar-refractivity contribution is -0.142. The maximum absolute atomic E-state index is 12.7. The highest BCUT2D eigenvalue weighted by atomic mass is 16.4. The molecule has 184 valence electrons. The number of carboxylic acid groups (broad SMARTS) is 1. The number of amides is 4. The minimum absolute atomic E-state index is 0.0338. The molecule has 4 amide bonds. The molecule has 0 heterocycles. The SMILES string of the molecule is CC(C)CC(NC(=O)C(CCCCN)NC(=O)C(C)NC(=O)C(N)CCC(N)=O)C(=O)O. The van der Waals surface area contributed by atoms with Gasteiger partial charge in [0.05, 0.1) is 6.04 Å². The Morgan fingerprint density at radius 1 is 0.844 bits per heavy atom. The Bertz CT molecular complexity index is 656. The molecule has 4 unspecified atom stereocenters. The number of carboxylic acids is 1. The van der Waals surface area contributed by atoms with E-state index in [0.29, 0.717) is 19.4 Å². The van der Waals surface area contributed by atoms with Crippen LogP contribution in [0, 0.1) is 5.92 Å². The number of primary amides is 1. The number of carbonyl (C=O) groups is 5. The van der Waals surface area contributed by atoms with Gasteiger partial charge >= 0.3 is 5.97 Å². The molecule has 0 saturated heterocycles. The lowest BCUT2D eigenvalue weighted by atomic mass is 10.0. The Morgan fingerprint density at radius 3 is 1.94 bits per heavy atom. The third-order valence-corrected chi connectivity index (χ3v) is 4.69. The van der Waals surface area contributed by atoms with Crippen LogP contribution in [0.3, 0.4) is 0 Å². The Hall–Kier alpha value is -2.73. The summed E-state index contributed by atoms with van der Waals surface area (Å²) >= 11 is 0. The molecule has 0 aromatic rings. The van der Waals surface area contributed by atoms with Crippen LogP contribution in [-0.2, 0) is 24.0 Å². The zero-order chi connectivity index (χ0) is 24.8. The molecule has 32 heavy (non-hydrogen) atoms. The Balaban J connectivity index is 5.08. The summed E-state index contributed by atoms with van der Waals surface area (Å²) < 4.78 is 0. The first kappa shape index (κ1) is 29.3. The second-order valence-electron chi connectivity index (χ2n) is 8.22. The summed E-state index contributed by atoms with van der Waals surface area (Å²) in [7, 11) is 0. The third-order valence-electron chi connectivity index (χ3n) is 4.69. The van der Waals surface area contributed by atoms with E-state index in [1.54, 1.807) is 0 Å². The predicted molar refractivity (Wildman–Crippen MR) is 118 cm³/mol. The molecular formula is C20H38N6O6. The molecule has 0 spiro atoms. The van der Waals surface area contributed by atoms with Crippen molar-refractivity contribution >= 4 is 29.6 Å². The second-order valence-corrected chi connectivity index (χ2v) is 8.22. The van der Waals surface area contributed by atoms with Crippen molar-refractivity contribution in [3.8, 4) is 0 Å². The second kappa shape index (κ2) is 15.1. The van der Waals surface area contributed by atoms with Gasteiger partial charge in [0.1, 0.15) is 18.1 Å². The molecule has 0 aromatic heterocycles. The molecule has 0 fully saturated rings. The molecular weight excluding hydrogens is 420 g/mol. The molecule has 12 heteroatoms. The van der Waals surface area contributed by atoms with Crippen molar-refractivity contribution in [2.75, 3.05) is 6.54 Å². The Morgan fingerprint density at radius 2 is 1.44 bits per heavy atom. The molecule has 0 aliphatic rings. The van der Waals surface area contributed by atoms with E-state index in [2.05, 4.69) is 16.0 Å². The zero-order valence-corrected chi connectivity index (χ0v) is 19.1. The van der Waals surface area contributed by atoms with Crippen LogP contribution in [0.15, 0.2) is 0 Å². The van der Waals surface area contributed by atoms with Gasteiger partial charge in [0, 0.05) is 6.42 Å². The Labute approximate surface area is 188 Å². The first-order valence-corrected chi connectivity index (χ1v) is 10.8. The fourth-order valence-corrected chi connectivity index (χ4v) is 2.84. The minimum Gasteiger partial charge on any atom is -0.480 e. The van der Waals surface area contributed by atoms with Crippen molar-refractivity contribution < 1.29 is 29.1 Å². The molecule has 0 saturated carbocycles. The van der Waals surface area contributed by atoms with E-state index < -0.39 is 53.8 Å². The number of unbranched alkanes of at least 4 members (excludes halogenated alkanes) is 1. The van der Waals surface area contributed by atoms with E-state index in [4.69, 9.17) is 17.2 Å². The van der Waals surface area contributed by atoms with E-state index in [1.807, 2.05) is 13.8 Å². The average molecular weight is 459 g/mol. The normalized spacial score (nSPS) is 14.7. The number of carbonyl (C=O) groups excluding carboxylic acids is 4. The van der Waals surface area contributed by atoms with Gasteiger partial charge < -0.3 is 38.3 Å². The first-order chi connectivity index (χ1) is 14.9. The van der Waals surface area contributed by atoms with Crippen LogP contribution in [0.4, 0.5) is 0 Å². The summed E-state index contributed by atoms with van der Waals surface area (Å²) in [5.74, 6) is -3.62. The summed E-state index contributed by atoms with van der Waals surface area (Å²) in [6.45, 7) is 5.49. The van der Waals surface area contributed by atoms with Crippen molar-refractivity contribution in [3.05, 3.63) is 0 Å². The van der Waals surface area contributed by atoms with Gasteiger partial charge in [0.2, 0.25) is 23.6 Å². The van der Waals surface area contributed by atoms with E-state index in [0.717, 1.165) is 0 Å². The molecule has 0 aliphatic heterocycles. The highest BCUT2D eigenvalue weighted by Gasteiger charge is 2.29. The maximum Gasteiger partial charge on any atom is 0.326 e. The van der Waals surface area contributed by atoms with Crippen LogP contribution in [-0.4, -0.2) is 65.4 Å². The predicted octanol–water partition coefficient (Wildman–Crippen LogP) is -1.69. The molecule has 0 bridgehead atoms. The number of aliphatic carboxylic acids is 1. The number of hydrogen-bond acceptors (Lipinski definition) is 7. The van der Waals surface area contributed by atoms with E-state index in [9.17, 15) is 29.1 Å². The van der Waals surface area contributed by atoms with Crippen LogP contribution in [0.2, 0.25) is 0 Å². The van der Waals surface area contributed by atoms with Gasteiger partial charge in [-0.05, 0) is 51.5 Å². The van der Waals surface area contributed by atoms with Crippen molar-refractivity contribution in [1.29, 1.82) is 0 Å². The number of hydrogen-bond donors (Lipinski definition) is 7. The van der Waals surface area contributed by atoms with Crippen LogP contribution < -0.4 is 33.2 Å². The smallest absolute Gasteiger partial charge is 0.326 e. The van der Waals surface area contributed by atoms with Gasteiger partial charge in [-0.25, -0.2) is 4.79 Å². The molecule has 0 radical (unpaired) electrons. The van der Waals surface area contributed by atoms with Gasteiger partial charge in [-0.3, -0.25) is 19.2 Å². The quantitative estimate of drug-likeness (QED) is 0.132. The van der Waals surface area contributed by atoms with Crippen LogP contribution in [0.25, 0.3) is 0 Å². The molecule has 12 nitrogen and oxygen atoms in total. The monoisotopic (exact) mass is 458 g/mol. The minimum atomic E-state index is -1.16. The molecule has 4 atom stereocenters. The number of rotatable bonds is 16. The lowest BCUT2D eigenvalue weighted by Gasteiger charge is -2.24. The number of nitrogens with two attached hydrogens (primary N) is 3. The highest BCUT2D eigenvalue weighted by Crippen LogP contribution is 2.07. The van der Waals surface area contributed by atoms with Crippen LogP contribution in [0.5, 0.6) is 0 Å². The summed E-state index contributed by atoms with van der Waals surface area (Å²) in [5, 5.41) is 16.8. The fraction of sp³-hybridized carbons (Fsp3) is 0.750. The topological polar surface area (TPSA) is 220 Å². The van der Waals surface area contributed by atoms with Crippen LogP contribution >= 0.6 is 0 Å². The third kappa shape index (κ3) is 12.2. The summed E-state index contributed by atoms with van der Waals surface area (Å²) in [6.07, 6.45) is 1.61. The number of nitrogens with one attached hydrogen (secondary N) is 3. The summed E-state index contributed by atoms with van der Waals surface area (Å²) in [6, 6.07) is -4.12. The molecule has 0 rings (SSSR count). The van der Waals surface area contributed by atoms with Crippen molar-refractivity contribution in [2.45, 2.75) is 83.5 Å². The largest absolute Gasteiger partial charge is 0.480 e. The zero-order valence-electron chi connectivity index (χ0n) is 19.1. The lowest BCUT2D eigenvalue weighted by Crippen LogP contribution is -2.56. The van der Waals surface area contributed by atoms with Crippen molar-refractivity contribution in [2.24, 2.45) is 23.1 Å². The van der Waals surface area contributed by atoms with Gasteiger partial charge in [-0.1, -0.05) is 13.8 Å². The van der Waals surface area contributed by atoms with Crippen LogP contribution in [0.1, 0.15) is 59.3 Å². The fourth-order valence-electron chi connectivity index (χ4n) is 2.84. The van der Waals surface area contributed by atoms with E-state index in [1.165, 1.54) is 6.92 Å². The van der Waals surface area contributed by atoms with Gasteiger partial charge in [-0.2, -0.15) is 0 Å². The molecule has 0 aromatic carbocycles. The summed E-state index contributed by atoms with van der Waals surface area (Å²) in [5.41, 5.74) is 16.2. The van der Waals surface area contributed by atoms with Gasteiger partial charge in [0.15, 0.2) is 0 Å². The standard InChI is InChI=1S/C20H38N6O6/c1-11(2)10-15(20(31)32)26-19(30)14(6-4-5-9-21)25-17(28)12(3)24-18(29)13(22)7-8-16(23)27/h11-15H,4-10,21-22H2,1-3H3,(H2,23,27)(H,24,29)(H,25,28)(H,26,30)(H,31,32). The van der Waals surface area contributed by atoms with Gasteiger partial charge in [0.25, 0.3) is 0 Å². The molecule has 10 N–H and O–H groups in total. The first-order valence-electron chi connectivity index (χ1n) is 10.8. The van der Waals surface area contributed by atoms with Crippen molar-refractivity contribution in [3.63, 3.8) is 0 Å². The molecule has 0 aliphatic carbocycles. The van der Waals surface area contributed by atoms with Gasteiger partial charge in [-0.15, -0.1) is 0 Å². The summed E-state index contributed by atoms with van der Waals surface area (Å²) in [4.78, 5) is 59.6. The van der Waals surface area contributed by atoms with Crippen molar-refractivity contribution in [1.82, 2.24) is 16.0 Å². The Kier molecular flexibility index (Phi) is 13.8. The average Bonchev–Trinajstić information content (AvgIpc) is 2.69.